The van der Waals surface area contributed by atoms with Crippen LogP contribution in [0.25, 0.3) is 11.0 Å². The van der Waals surface area contributed by atoms with Gasteiger partial charge in [0.1, 0.15) is 5.52 Å². The molecule has 2 aromatic rings. The van der Waals surface area contributed by atoms with Crippen molar-refractivity contribution >= 4 is 22.6 Å². The van der Waals surface area contributed by atoms with E-state index < -0.39 is 0 Å². The van der Waals surface area contributed by atoms with Crippen molar-refractivity contribution in [3.63, 3.8) is 0 Å². The van der Waals surface area contributed by atoms with Gasteiger partial charge in [-0.25, -0.2) is 4.68 Å². The van der Waals surface area contributed by atoms with Gasteiger partial charge in [0.05, 0.1) is 11.4 Å². The van der Waals surface area contributed by atoms with Crippen molar-refractivity contribution in [3.05, 3.63) is 24.3 Å². The summed E-state index contributed by atoms with van der Waals surface area (Å²) < 4.78 is 7.19. The molecule has 1 heterocycles. The first-order chi connectivity index (χ1) is 7.36. The van der Waals surface area contributed by atoms with E-state index in [1.807, 2.05) is 31.2 Å². The molecule has 1 aromatic carbocycles. The lowest BCUT2D eigenvalue weighted by atomic mass is 10.3. The number of alkyl halides is 1. The number of ether oxygens (including phenoxy) is 1. The Labute approximate surface area is 92.8 Å². The summed E-state index contributed by atoms with van der Waals surface area (Å²) in [4.78, 5) is 0. The zero-order chi connectivity index (χ0) is 10.7. The van der Waals surface area contributed by atoms with Crippen molar-refractivity contribution in [2.45, 2.75) is 13.2 Å². The summed E-state index contributed by atoms with van der Waals surface area (Å²) in [5.74, 6) is 0.362. The van der Waals surface area contributed by atoms with Crippen LogP contribution in [0.5, 0.6) is 0 Å². The molecule has 0 aliphatic carbocycles. The maximum Gasteiger partial charge on any atom is 0.166 e. The topological polar surface area (TPSA) is 39.9 Å². The molecule has 15 heavy (non-hydrogen) atoms. The molecule has 0 bridgehead atoms. The Kier molecular flexibility index (Phi) is 3.18. The monoisotopic (exact) mass is 225 g/mol. The Balaban J connectivity index is 2.41. The standard InChI is InChI=1S/C10H12ClN3O/c1-2-15-10(7-11)14-9-6-4-3-5-8(9)12-13-14/h3-6,10H,2,7H2,1H3. The molecule has 0 radical (unpaired) electrons. The van der Waals surface area contributed by atoms with Crippen LogP contribution in [0.15, 0.2) is 24.3 Å². The third kappa shape index (κ3) is 1.96. The molecule has 0 N–H and O–H groups in total. The van der Waals surface area contributed by atoms with Gasteiger partial charge in [-0.05, 0) is 19.1 Å². The zero-order valence-corrected chi connectivity index (χ0v) is 9.18. The predicted octanol–water partition coefficient (Wildman–Crippen LogP) is 2.21. The summed E-state index contributed by atoms with van der Waals surface area (Å²) in [5, 5.41) is 8.09. The summed E-state index contributed by atoms with van der Waals surface area (Å²) in [5.41, 5.74) is 1.80. The Morgan fingerprint density at radius 2 is 2.27 bits per heavy atom. The average molecular weight is 226 g/mol. The van der Waals surface area contributed by atoms with Crippen LogP contribution in [0, 0.1) is 0 Å². The van der Waals surface area contributed by atoms with Crippen LogP contribution >= 0.6 is 11.6 Å². The minimum Gasteiger partial charge on any atom is -0.355 e. The quantitative estimate of drug-likeness (QED) is 0.749. The number of nitrogens with zero attached hydrogens (tertiary/aromatic N) is 3. The molecule has 1 aromatic heterocycles. The van der Waals surface area contributed by atoms with E-state index in [4.69, 9.17) is 16.3 Å². The number of hydrogen-bond acceptors (Lipinski definition) is 3. The molecule has 0 saturated heterocycles. The molecule has 80 valence electrons. The number of aromatic nitrogens is 3. The van der Waals surface area contributed by atoms with E-state index in [1.54, 1.807) is 4.68 Å². The van der Waals surface area contributed by atoms with Crippen molar-refractivity contribution < 1.29 is 4.74 Å². The highest BCUT2D eigenvalue weighted by Gasteiger charge is 2.13. The van der Waals surface area contributed by atoms with Crippen LogP contribution < -0.4 is 0 Å². The maximum absolute atomic E-state index is 5.82. The van der Waals surface area contributed by atoms with Crippen LogP contribution in [0.4, 0.5) is 0 Å². The summed E-state index contributed by atoms with van der Waals surface area (Å²) in [6, 6.07) is 7.74. The molecule has 0 aliphatic rings. The van der Waals surface area contributed by atoms with Gasteiger partial charge < -0.3 is 4.74 Å². The van der Waals surface area contributed by atoms with E-state index in [1.165, 1.54) is 0 Å². The molecule has 0 spiro atoms. The minimum atomic E-state index is -0.246. The molecule has 2 rings (SSSR count). The summed E-state index contributed by atoms with van der Waals surface area (Å²) >= 11 is 5.82. The third-order valence-electron chi connectivity index (χ3n) is 2.14. The second-order valence-electron chi connectivity index (χ2n) is 3.09. The largest absolute Gasteiger partial charge is 0.355 e. The van der Waals surface area contributed by atoms with Gasteiger partial charge in [0, 0.05) is 6.61 Å². The second kappa shape index (κ2) is 4.59. The predicted molar refractivity (Wildman–Crippen MR) is 58.9 cm³/mol. The summed E-state index contributed by atoms with van der Waals surface area (Å²) in [7, 11) is 0. The van der Waals surface area contributed by atoms with Crippen molar-refractivity contribution in [2.24, 2.45) is 0 Å². The number of halogens is 1. The lowest BCUT2D eigenvalue weighted by Crippen LogP contribution is -2.15. The molecular formula is C10H12ClN3O. The second-order valence-corrected chi connectivity index (χ2v) is 3.40. The Morgan fingerprint density at radius 3 is 3.00 bits per heavy atom. The molecule has 0 amide bonds. The number of para-hydroxylation sites is 1. The zero-order valence-electron chi connectivity index (χ0n) is 8.43. The molecule has 0 fully saturated rings. The lowest BCUT2D eigenvalue weighted by molar-refractivity contribution is 0.0205. The molecular weight excluding hydrogens is 214 g/mol. The van der Waals surface area contributed by atoms with Gasteiger partial charge in [0.25, 0.3) is 0 Å². The lowest BCUT2D eigenvalue weighted by Gasteiger charge is -2.14. The number of fused-ring (bicyclic) bond motifs is 1. The van der Waals surface area contributed by atoms with Gasteiger partial charge in [0.15, 0.2) is 6.23 Å². The average Bonchev–Trinajstić information content (AvgIpc) is 2.70. The van der Waals surface area contributed by atoms with Crippen molar-refractivity contribution in [3.8, 4) is 0 Å². The Hall–Kier alpha value is -1.13. The first-order valence-electron chi connectivity index (χ1n) is 4.84. The fourth-order valence-corrected chi connectivity index (χ4v) is 1.69. The van der Waals surface area contributed by atoms with Gasteiger partial charge in [-0.1, -0.05) is 17.3 Å². The molecule has 5 heteroatoms. The molecule has 1 unspecified atom stereocenters. The van der Waals surface area contributed by atoms with Gasteiger partial charge in [0.2, 0.25) is 0 Å². The van der Waals surface area contributed by atoms with E-state index >= 15 is 0 Å². The third-order valence-corrected chi connectivity index (χ3v) is 2.41. The first-order valence-corrected chi connectivity index (χ1v) is 5.37. The van der Waals surface area contributed by atoms with Crippen molar-refractivity contribution in [2.75, 3.05) is 12.5 Å². The minimum absolute atomic E-state index is 0.246. The highest BCUT2D eigenvalue weighted by atomic mass is 35.5. The summed E-state index contributed by atoms with van der Waals surface area (Å²) in [6.07, 6.45) is -0.246. The molecule has 4 nitrogen and oxygen atoms in total. The van der Waals surface area contributed by atoms with Gasteiger partial charge >= 0.3 is 0 Å². The smallest absolute Gasteiger partial charge is 0.166 e. The van der Waals surface area contributed by atoms with E-state index in [0.717, 1.165) is 11.0 Å². The number of benzene rings is 1. The van der Waals surface area contributed by atoms with Crippen LogP contribution in [-0.2, 0) is 4.74 Å². The first kappa shape index (κ1) is 10.4. The highest BCUT2D eigenvalue weighted by molar-refractivity contribution is 6.18. The summed E-state index contributed by atoms with van der Waals surface area (Å²) in [6.45, 7) is 2.53. The normalized spacial score (nSPS) is 13.2. The van der Waals surface area contributed by atoms with Crippen molar-refractivity contribution in [1.29, 1.82) is 0 Å². The SMILES string of the molecule is CCOC(CCl)n1nnc2ccccc21. The van der Waals surface area contributed by atoms with Crippen LogP contribution in [-0.4, -0.2) is 27.5 Å². The van der Waals surface area contributed by atoms with Gasteiger partial charge in [-0.3, -0.25) is 0 Å². The molecule has 0 saturated carbocycles. The fraction of sp³-hybridized carbons (Fsp3) is 0.400. The molecule has 1 atom stereocenters. The van der Waals surface area contributed by atoms with E-state index in [0.29, 0.717) is 12.5 Å². The Morgan fingerprint density at radius 1 is 1.47 bits per heavy atom. The highest BCUT2D eigenvalue weighted by Crippen LogP contribution is 2.17. The maximum atomic E-state index is 5.82. The number of hydrogen-bond donors (Lipinski definition) is 0. The molecule has 0 aliphatic heterocycles. The van der Waals surface area contributed by atoms with Gasteiger partial charge in [-0.15, -0.1) is 16.7 Å². The Bertz CT molecular complexity index is 443. The van der Waals surface area contributed by atoms with Crippen LogP contribution in [0.2, 0.25) is 0 Å². The van der Waals surface area contributed by atoms with Crippen molar-refractivity contribution in [1.82, 2.24) is 15.0 Å². The van der Waals surface area contributed by atoms with E-state index in [9.17, 15) is 0 Å². The van der Waals surface area contributed by atoms with E-state index in [-0.39, 0.29) is 6.23 Å². The number of rotatable bonds is 4. The van der Waals surface area contributed by atoms with Crippen LogP contribution in [0.3, 0.4) is 0 Å². The van der Waals surface area contributed by atoms with Crippen LogP contribution in [0.1, 0.15) is 13.2 Å². The fourth-order valence-electron chi connectivity index (χ4n) is 1.47. The van der Waals surface area contributed by atoms with E-state index in [2.05, 4.69) is 10.3 Å². The van der Waals surface area contributed by atoms with Gasteiger partial charge in [-0.2, -0.15) is 0 Å².